The zero-order valence-electron chi connectivity index (χ0n) is 9.87. The molecule has 98 valence electrons. The Labute approximate surface area is 110 Å². The first-order chi connectivity index (χ1) is 8.72. The second-order valence-corrected chi connectivity index (χ2v) is 4.15. The van der Waals surface area contributed by atoms with Gasteiger partial charge in [0.25, 0.3) is 0 Å². The molecule has 2 rings (SSSR count). The summed E-state index contributed by atoms with van der Waals surface area (Å²) >= 11 is 6.04. The number of rotatable bonds is 4. The van der Waals surface area contributed by atoms with Gasteiger partial charge < -0.3 is 10.1 Å². The van der Waals surface area contributed by atoms with Crippen molar-refractivity contribution in [3.8, 4) is 0 Å². The van der Waals surface area contributed by atoms with Crippen LogP contribution in [-0.4, -0.2) is 24.8 Å². The highest BCUT2D eigenvalue weighted by molar-refractivity contribution is 6.33. The fourth-order valence-corrected chi connectivity index (χ4v) is 1.85. The number of esters is 1. The fourth-order valence-electron chi connectivity index (χ4n) is 1.66. The van der Waals surface area contributed by atoms with E-state index in [1.807, 2.05) is 18.2 Å². The second-order valence-electron chi connectivity index (χ2n) is 3.75. The van der Waals surface area contributed by atoms with E-state index in [2.05, 4.69) is 21.7 Å². The topological polar surface area (TPSA) is 74.4 Å². The van der Waals surface area contributed by atoms with Crippen LogP contribution in [-0.2, 0) is 9.53 Å². The van der Waals surface area contributed by atoms with Gasteiger partial charge in [-0.3, -0.25) is 4.79 Å². The maximum absolute atomic E-state index is 11.7. The standard InChI is InChI=1S/C11H15ClN4O2/c1-2-18-11(17)9-10(15-16-14-9)13-8-6-4-3-5-7(8)12/h3-6,9-10,13-16H,2H2,1H3. The van der Waals surface area contributed by atoms with Crippen molar-refractivity contribution in [3.05, 3.63) is 29.3 Å². The molecule has 7 heteroatoms. The lowest BCUT2D eigenvalue weighted by atomic mass is 10.2. The van der Waals surface area contributed by atoms with E-state index in [0.29, 0.717) is 11.6 Å². The third-order valence-electron chi connectivity index (χ3n) is 2.51. The van der Waals surface area contributed by atoms with Crippen LogP contribution in [0.1, 0.15) is 6.92 Å². The van der Waals surface area contributed by atoms with Crippen LogP contribution in [0, 0.1) is 0 Å². The highest BCUT2D eigenvalue weighted by Gasteiger charge is 2.34. The van der Waals surface area contributed by atoms with Gasteiger partial charge in [-0.1, -0.05) is 23.7 Å². The van der Waals surface area contributed by atoms with E-state index in [1.54, 1.807) is 13.0 Å². The quantitative estimate of drug-likeness (QED) is 0.601. The van der Waals surface area contributed by atoms with Crippen LogP contribution in [0.4, 0.5) is 5.69 Å². The molecule has 18 heavy (non-hydrogen) atoms. The Kier molecular flexibility index (Phi) is 4.38. The van der Waals surface area contributed by atoms with Crippen molar-refractivity contribution < 1.29 is 9.53 Å². The molecular weight excluding hydrogens is 256 g/mol. The van der Waals surface area contributed by atoms with Crippen LogP contribution in [0.2, 0.25) is 5.02 Å². The molecule has 1 fully saturated rings. The van der Waals surface area contributed by atoms with Crippen LogP contribution in [0.25, 0.3) is 0 Å². The van der Waals surface area contributed by atoms with Gasteiger partial charge in [0, 0.05) is 0 Å². The lowest BCUT2D eigenvalue weighted by Crippen LogP contribution is -2.46. The number of para-hydroxylation sites is 1. The van der Waals surface area contributed by atoms with Crippen molar-refractivity contribution in [2.24, 2.45) is 0 Å². The molecule has 1 heterocycles. The Morgan fingerprint density at radius 3 is 2.94 bits per heavy atom. The van der Waals surface area contributed by atoms with E-state index < -0.39 is 6.04 Å². The number of anilines is 1. The lowest BCUT2D eigenvalue weighted by Gasteiger charge is -2.19. The summed E-state index contributed by atoms with van der Waals surface area (Å²) in [5.74, 6) is -0.334. The summed E-state index contributed by atoms with van der Waals surface area (Å²) in [6.45, 7) is 2.11. The molecule has 2 atom stereocenters. The number of hydrogen-bond donors (Lipinski definition) is 4. The van der Waals surface area contributed by atoms with Crippen LogP contribution in [0.15, 0.2) is 24.3 Å². The average molecular weight is 271 g/mol. The number of benzene rings is 1. The number of ether oxygens (including phenoxy) is 1. The molecule has 4 N–H and O–H groups in total. The van der Waals surface area contributed by atoms with E-state index >= 15 is 0 Å². The third-order valence-corrected chi connectivity index (χ3v) is 2.84. The molecule has 1 aromatic rings. The molecule has 0 aromatic heterocycles. The normalized spacial score (nSPS) is 22.8. The van der Waals surface area contributed by atoms with E-state index in [1.165, 1.54) is 0 Å². The van der Waals surface area contributed by atoms with Gasteiger partial charge in [0.2, 0.25) is 0 Å². The van der Waals surface area contributed by atoms with Crippen molar-refractivity contribution in [1.29, 1.82) is 0 Å². The van der Waals surface area contributed by atoms with Gasteiger partial charge in [-0.2, -0.15) is 5.53 Å². The minimum atomic E-state index is -0.527. The van der Waals surface area contributed by atoms with Crippen molar-refractivity contribution in [2.45, 2.75) is 19.1 Å². The summed E-state index contributed by atoms with van der Waals surface area (Å²) in [6.07, 6.45) is -0.344. The predicted molar refractivity (Wildman–Crippen MR) is 68.7 cm³/mol. The summed E-state index contributed by atoms with van der Waals surface area (Å²) in [5, 5.41) is 3.72. The number of hydrogen-bond acceptors (Lipinski definition) is 6. The van der Waals surface area contributed by atoms with Crippen LogP contribution >= 0.6 is 11.6 Å². The lowest BCUT2D eigenvalue weighted by molar-refractivity contribution is -0.145. The molecule has 1 saturated heterocycles. The van der Waals surface area contributed by atoms with Gasteiger partial charge in [-0.25, -0.2) is 10.9 Å². The highest BCUT2D eigenvalue weighted by atomic mass is 35.5. The van der Waals surface area contributed by atoms with E-state index in [-0.39, 0.29) is 12.1 Å². The summed E-state index contributed by atoms with van der Waals surface area (Å²) < 4.78 is 4.97. The smallest absolute Gasteiger partial charge is 0.328 e. The predicted octanol–water partition coefficient (Wildman–Crippen LogP) is 0.622. The number of nitrogens with one attached hydrogen (secondary N) is 4. The van der Waals surface area contributed by atoms with E-state index in [9.17, 15) is 4.79 Å². The van der Waals surface area contributed by atoms with Gasteiger partial charge in [0.15, 0.2) is 6.04 Å². The number of hydrazine groups is 2. The average Bonchev–Trinajstić information content (AvgIpc) is 2.81. The third kappa shape index (κ3) is 2.91. The van der Waals surface area contributed by atoms with E-state index in [0.717, 1.165) is 5.69 Å². The largest absolute Gasteiger partial charge is 0.465 e. The van der Waals surface area contributed by atoms with E-state index in [4.69, 9.17) is 16.3 Å². The summed E-state index contributed by atoms with van der Waals surface area (Å²) in [6, 6.07) is 6.79. The Hall–Kier alpha value is -1.34. The Morgan fingerprint density at radius 1 is 1.44 bits per heavy atom. The maximum Gasteiger partial charge on any atom is 0.328 e. The molecule has 0 spiro atoms. The maximum atomic E-state index is 11.7. The first kappa shape index (κ1) is 13.1. The molecule has 2 unspecified atom stereocenters. The monoisotopic (exact) mass is 270 g/mol. The Morgan fingerprint density at radius 2 is 2.22 bits per heavy atom. The minimum Gasteiger partial charge on any atom is -0.465 e. The number of carbonyl (C=O) groups is 1. The van der Waals surface area contributed by atoms with Gasteiger partial charge in [-0.05, 0) is 19.1 Å². The first-order valence-electron chi connectivity index (χ1n) is 5.66. The molecule has 1 aliphatic heterocycles. The zero-order chi connectivity index (χ0) is 13.0. The summed E-state index contributed by atoms with van der Waals surface area (Å²) in [4.78, 5) is 11.7. The van der Waals surface area contributed by atoms with Crippen molar-refractivity contribution in [3.63, 3.8) is 0 Å². The molecule has 1 aliphatic rings. The van der Waals surface area contributed by atoms with Crippen molar-refractivity contribution in [1.82, 2.24) is 16.4 Å². The van der Waals surface area contributed by atoms with Crippen LogP contribution < -0.4 is 21.7 Å². The molecule has 0 saturated carbocycles. The summed E-state index contributed by atoms with van der Waals surface area (Å²) in [7, 11) is 0. The molecular formula is C11H15ClN4O2. The highest BCUT2D eigenvalue weighted by Crippen LogP contribution is 2.21. The van der Waals surface area contributed by atoms with Crippen molar-refractivity contribution in [2.75, 3.05) is 11.9 Å². The number of carbonyl (C=O) groups excluding carboxylic acids is 1. The molecule has 0 radical (unpaired) electrons. The SMILES string of the molecule is CCOC(=O)C1NNNC1Nc1ccccc1Cl. The zero-order valence-corrected chi connectivity index (χ0v) is 10.6. The first-order valence-corrected chi connectivity index (χ1v) is 6.04. The van der Waals surface area contributed by atoms with Gasteiger partial charge >= 0.3 is 5.97 Å². The van der Waals surface area contributed by atoms with Crippen LogP contribution in [0.3, 0.4) is 0 Å². The minimum absolute atomic E-state index is 0.334. The van der Waals surface area contributed by atoms with Gasteiger partial charge in [0.05, 0.1) is 17.3 Å². The summed E-state index contributed by atoms with van der Waals surface area (Å²) in [5.41, 5.74) is 9.12. The second kappa shape index (κ2) is 6.01. The Bertz CT molecular complexity index is 429. The molecule has 0 bridgehead atoms. The molecule has 1 aromatic carbocycles. The number of halogens is 1. The van der Waals surface area contributed by atoms with Crippen molar-refractivity contribution >= 4 is 23.3 Å². The van der Waals surface area contributed by atoms with Crippen LogP contribution in [0.5, 0.6) is 0 Å². The van der Waals surface area contributed by atoms with Gasteiger partial charge in [0.1, 0.15) is 6.17 Å². The molecule has 6 nitrogen and oxygen atoms in total. The van der Waals surface area contributed by atoms with Gasteiger partial charge in [-0.15, -0.1) is 0 Å². The molecule has 0 aliphatic carbocycles. The Balaban J connectivity index is 2.04. The molecule has 0 amide bonds. The fraction of sp³-hybridized carbons (Fsp3) is 0.364.